The Morgan fingerprint density at radius 3 is 2.89 bits per heavy atom. The molecule has 2 aromatic heterocycles. The van der Waals surface area contributed by atoms with Crippen LogP contribution < -0.4 is 5.32 Å². The van der Waals surface area contributed by atoms with Crippen LogP contribution in [0.5, 0.6) is 0 Å². The number of hydrogen-bond acceptors (Lipinski definition) is 5. The lowest BCUT2D eigenvalue weighted by Crippen LogP contribution is -2.19. The van der Waals surface area contributed by atoms with Crippen molar-refractivity contribution in [2.75, 3.05) is 18.5 Å². The van der Waals surface area contributed by atoms with Crippen LogP contribution in [0.25, 0.3) is 10.2 Å². The van der Waals surface area contributed by atoms with E-state index in [1.165, 1.54) is 22.2 Å². The maximum atomic E-state index is 5.65. The first kappa shape index (κ1) is 12.8. The molecule has 1 aliphatic rings. The molecule has 4 nitrogen and oxygen atoms in total. The highest BCUT2D eigenvalue weighted by atomic mass is 32.1. The van der Waals surface area contributed by atoms with E-state index >= 15 is 0 Å². The minimum absolute atomic E-state index is 0.324. The van der Waals surface area contributed by atoms with Gasteiger partial charge in [0.15, 0.2) is 0 Å². The molecule has 19 heavy (non-hydrogen) atoms. The number of rotatable bonds is 3. The molecule has 0 bridgehead atoms. The minimum Gasteiger partial charge on any atom is -0.376 e. The number of aromatic nitrogens is 2. The quantitative estimate of drug-likeness (QED) is 0.936. The van der Waals surface area contributed by atoms with Crippen molar-refractivity contribution in [3.8, 4) is 0 Å². The zero-order valence-electron chi connectivity index (χ0n) is 11.6. The average Bonchev–Trinajstić information content (AvgIpc) is 2.96. The molecule has 0 aliphatic carbocycles. The molecule has 1 saturated heterocycles. The average molecular weight is 277 g/mol. The van der Waals surface area contributed by atoms with Gasteiger partial charge in [-0.2, -0.15) is 0 Å². The van der Waals surface area contributed by atoms with Crippen molar-refractivity contribution in [1.82, 2.24) is 9.97 Å². The van der Waals surface area contributed by atoms with Crippen molar-refractivity contribution in [3.63, 3.8) is 0 Å². The lowest BCUT2D eigenvalue weighted by atomic mass is 10.2. The fourth-order valence-electron chi connectivity index (χ4n) is 2.50. The van der Waals surface area contributed by atoms with E-state index in [1.54, 1.807) is 11.3 Å². The third kappa shape index (κ3) is 2.44. The Balaban J connectivity index is 1.92. The standard InChI is InChI=1S/C14H19N3OS/c1-8-9(2)19-14-12(8)13(16-10(3)17-14)15-7-11-5-4-6-18-11/h11H,4-7H2,1-3H3,(H,15,16,17)/t11-/m0/s1. The molecule has 0 spiro atoms. The number of hydrogen-bond donors (Lipinski definition) is 1. The van der Waals surface area contributed by atoms with E-state index in [-0.39, 0.29) is 0 Å². The summed E-state index contributed by atoms with van der Waals surface area (Å²) in [6.07, 6.45) is 2.63. The number of anilines is 1. The SMILES string of the molecule is Cc1nc(NC[C@@H]2CCCO2)c2c(C)c(C)sc2n1. The molecule has 0 saturated carbocycles. The molecule has 0 radical (unpaired) electrons. The summed E-state index contributed by atoms with van der Waals surface area (Å²) in [6.45, 7) is 7.95. The number of fused-ring (bicyclic) bond motifs is 1. The van der Waals surface area contributed by atoms with E-state index in [4.69, 9.17) is 4.74 Å². The lowest BCUT2D eigenvalue weighted by Gasteiger charge is -2.12. The predicted octanol–water partition coefficient (Wildman–Crippen LogP) is 3.21. The maximum Gasteiger partial charge on any atom is 0.138 e. The molecule has 1 atom stereocenters. The van der Waals surface area contributed by atoms with Crippen molar-refractivity contribution in [2.45, 2.75) is 39.7 Å². The van der Waals surface area contributed by atoms with Crippen LogP contribution in [0.2, 0.25) is 0 Å². The molecule has 102 valence electrons. The van der Waals surface area contributed by atoms with Gasteiger partial charge in [0.1, 0.15) is 16.5 Å². The van der Waals surface area contributed by atoms with Crippen LogP contribution in [-0.4, -0.2) is 29.2 Å². The van der Waals surface area contributed by atoms with Crippen LogP contribution in [0.4, 0.5) is 5.82 Å². The molecule has 1 fully saturated rings. The summed E-state index contributed by atoms with van der Waals surface area (Å²) in [5.74, 6) is 1.78. The van der Waals surface area contributed by atoms with Crippen LogP contribution >= 0.6 is 11.3 Å². The molecule has 0 unspecified atom stereocenters. The Labute approximate surface area is 117 Å². The smallest absolute Gasteiger partial charge is 0.138 e. The third-order valence-electron chi connectivity index (χ3n) is 3.66. The van der Waals surface area contributed by atoms with E-state index in [1.807, 2.05) is 6.92 Å². The Hall–Kier alpha value is -1.20. The van der Waals surface area contributed by atoms with Crippen molar-refractivity contribution in [3.05, 3.63) is 16.3 Å². The van der Waals surface area contributed by atoms with Gasteiger partial charge < -0.3 is 10.1 Å². The van der Waals surface area contributed by atoms with Gasteiger partial charge in [-0.05, 0) is 39.2 Å². The van der Waals surface area contributed by atoms with Crippen molar-refractivity contribution in [2.24, 2.45) is 0 Å². The highest BCUT2D eigenvalue weighted by Crippen LogP contribution is 2.33. The molecule has 2 aromatic rings. The van der Waals surface area contributed by atoms with Gasteiger partial charge in [0.2, 0.25) is 0 Å². The van der Waals surface area contributed by atoms with Gasteiger partial charge >= 0.3 is 0 Å². The number of nitrogens with zero attached hydrogens (tertiary/aromatic N) is 2. The highest BCUT2D eigenvalue weighted by Gasteiger charge is 2.17. The van der Waals surface area contributed by atoms with E-state index in [2.05, 4.69) is 29.1 Å². The van der Waals surface area contributed by atoms with Crippen LogP contribution in [0.1, 0.15) is 29.1 Å². The number of thiophene rings is 1. The molecular weight excluding hydrogens is 258 g/mol. The monoisotopic (exact) mass is 277 g/mol. The normalized spacial score (nSPS) is 19.2. The van der Waals surface area contributed by atoms with Crippen molar-refractivity contribution in [1.29, 1.82) is 0 Å². The molecule has 0 amide bonds. The summed E-state index contributed by atoms with van der Waals surface area (Å²) in [5.41, 5.74) is 1.29. The van der Waals surface area contributed by atoms with E-state index in [0.717, 1.165) is 36.0 Å². The number of aryl methyl sites for hydroxylation is 3. The largest absolute Gasteiger partial charge is 0.376 e. The molecule has 0 aromatic carbocycles. The van der Waals surface area contributed by atoms with Gasteiger partial charge in [-0.1, -0.05) is 0 Å². The van der Waals surface area contributed by atoms with E-state index in [9.17, 15) is 0 Å². The summed E-state index contributed by atoms with van der Waals surface area (Å²) in [5, 5.41) is 4.63. The first-order valence-electron chi connectivity index (χ1n) is 6.75. The molecule has 5 heteroatoms. The highest BCUT2D eigenvalue weighted by molar-refractivity contribution is 7.18. The molecular formula is C14H19N3OS. The third-order valence-corrected chi connectivity index (χ3v) is 4.76. The van der Waals surface area contributed by atoms with Gasteiger partial charge in [0.05, 0.1) is 11.5 Å². The minimum atomic E-state index is 0.324. The maximum absolute atomic E-state index is 5.65. The second kappa shape index (κ2) is 5.06. The van der Waals surface area contributed by atoms with Gasteiger partial charge in [0, 0.05) is 18.0 Å². The Bertz CT molecular complexity index is 602. The fourth-order valence-corrected chi connectivity index (χ4v) is 3.57. The van der Waals surface area contributed by atoms with Crippen LogP contribution in [0.15, 0.2) is 0 Å². The number of nitrogens with one attached hydrogen (secondary N) is 1. The topological polar surface area (TPSA) is 47.0 Å². The van der Waals surface area contributed by atoms with Crippen LogP contribution in [-0.2, 0) is 4.74 Å². The van der Waals surface area contributed by atoms with Gasteiger partial charge in [-0.15, -0.1) is 11.3 Å². The number of ether oxygens (including phenoxy) is 1. The fraction of sp³-hybridized carbons (Fsp3) is 0.571. The summed E-state index contributed by atoms with van der Waals surface area (Å²) in [4.78, 5) is 11.5. The molecule has 3 heterocycles. The van der Waals surface area contributed by atoms with Crippen molar-refractivity contribution < 1.29 is 4.74 Å². The zero-order chi connectivity index (χ0) is 13.4. The summed E-state index contributed by atoms with van der Waals surface area (Å²) in [7, 11) is 0. The zero-order valence-corrected chi connectivity index (χ0v) is 12.4. The summed E-state index contributed by atoms with van der Waals surface area (Å²) < 4.78 is 5.65. The Morgan fingerprint density at radius 1 is 1.32 bits per heavy atom. The Kier molecular flexibility index (Phi) is 3.41. The second-order valence-electron chi connectivity index (χ2n) is 5.10. The molecule has 1 aliphatic heterocycles. The second-order valence-corrected chi connectivity index (χ2v) is 6.30. The van der Waals surface area contributed by atoms with Gasteiger partial charge in [-0.3, -0.25) is 0 Å². The first-order valence-corrected chi connectivity index (χ1v) is 7.56. The van der Waals surface area contributed by atoms with Gasteiger partial charge in [0.25, 0.3) is 0 Å². The Morgan fingerprint density at radius 2 is 2.16 bits per heavy atom. The van der Waals surface area contributed by atoms with Crippen LogP contribution in [0, 0.1) is 20.8 Å². The van der Waals surface area contributed by atoms with Gasteiger partial charge in [-0.25, -0.2) is 9.97 Å². The summed E-state index contributed by atoms with van der Waals surface area (Å²) >= 11 is 1.74. The molecule has 1 N–H and O–H groups in total. The van der Waals surface area contributed by atoms with E-state index in [0.29, 0.717) is 6.10 Å². The lowest BCUT2D eigenvalue weighted by molar-refractivity contribution is 0.120. The summed E-state index contributed by atoms with van der Waals surface area (Å²) in [6, 6.07) is 0. The van der Waals surface area contributed by atoms with Crippen LogP contribution in [0.3, 0.4) is 0 Å². The molecule has 3 rings (SSSR count). The van der Waals surface area contributed by atoms with E-state index < -0.39 is 0 Å². The first-order chi connectivity index (χ1) is 9.15. The predicted molar refractivity (Wildman–Crippen MR) is 79.1 cm³/mol. The van der Waals surface area contributed by atoms with Crippen molar-refractivity contribution >= 4 is 27.4 Å².